The van der Waals surface area contributed by atoms with Gasteiger partial charge in [0, 0.05) is 0 Å². The Morgan fingerprint density at radius 1 is 1.57 bits per heavy atom. The summed E-state index contributed by atoms with van der Waals surface area (Å²) < 4.78 is 4.85. The summed E-state index contributed by atoms with van der Waals surface area (Å²) in [6.45, 7) is 0.825. The largest absolute Gasteiger partial charge is 1.00 e. The molecule has 1 rings (SSSR count). The van der Waals surface area contributed by atoms with Gasteiger partial charge in [0.25, 0.3) is 0 Å². The van der Waals surface area contributed by atoms with E-state index in [1.807, 2.05) is 0 Å². The van der Waals surface area contributed by atoms with E-state index in [2.05, 4.69) is 0 Å². The molecule has 3 heteroatoms. The minimum Gasteiger partial charge on any atom is -1.00 e. The molecule has 1 heterocycles. The molecule has 0 aliphatic carbocycles. The van der Waals surface area contributed by atoms with Crippen LogP contribution in [0.4, 0.5) is 0 Å². The van der Waals surface area contributed by atoms with Crippen molar-refractivity contribution in [1.82, 2.24) is 0 Å². The van der Waals surface area contributed by atoms with Crippen LogP contribution in [-0.2, 0) is 4.74 Å². The van der Waals surface area contributed by atoms with Gasteiger partial charge in [-0.15, -0.1) is 0 Å². The Morgan fingerprint density at radius 3 is 2.43 bits per heavy atom. The van der Waals surface area contributed by atoms with E-state index >= 15 is 0 Å². The van der Waals surface area contributed by atoms with E-state index in [1.54, 1.807) is 0 Å². The fourth-order valence-corrected chi connectivity index (χ4v) is 0.522. The normalized spacial score (nSPS) is 18.0. The van der Waals surface area contributed by atoms with Gasteiger partial charge in [-0.3, -0.25) is 0 Å². The molecule has 2 N–H and O–H groups in total. The SMILES string of the molecule is [Br-].[NH2+]=C1CCCO1. The Bertz CT molecular complexity index is 66.1. The summed E-state index contributed by atoms with van der Waals surface area (Å²) in [4.78, 5) is 0. The first kappa shape index (κ1) is 6.95. The molecule has 2 nitrogen and oxygen atoms in total. The number of halogens is 1. The summed E-state index contributed by atoms with van der Waals surface area (Å²) in [5, 5.41) is 5.23. The van der Waals surface area contributed by atoms with Crippen molar-refractivity contribution in [1.29, 1.82) is 0 Å². The third-order valence-electron chi connectivity index (χ3n) is 0.855. The second-order valence-electron chi connectivity index (χ2n) is 1.42. The predicted molar refractivity (Wildman–Crippen MR) is 22.1 cm³/mol. The molecule has 7 heavy (non-hydrogen) atoms. The lowest BCUT2D eigenvalue weighted by atomic mass is 10.4. The van der Waals surface area contributed by atoms with Crippen LogP contribution in [-0.4, -0.2) is 12.5 Å². The van der Waals surface area contributed by atoms with Gasteiger partial charge in [-0.1, -0.05) is 0 Å². The van der Waals surface area contributed by atoms with Crippen molar-refractivity contribution in [2.24, 2.45) is 0 Å². The second kappa shape index (κ2) is 3.02. The van der Waals surface area contributed by atoms with Gasteiger partial charge in [0.2, 0.25) is 0 Å². The number of nitrogens with two attached hydrogens (primary N) is 1. The summed E-state index contributed by atoms with van der Waals surface area (Å²) in [5.41, 5.74) is 0. The van der Waals surface area contributed by atoms with Gasteiger partial charge in [0.15, 0.2) is 0 Å². The van der Waals surface area contributed by atoms with Gasteiger partial charge in [0.1, 0.15) is 0 Å². The molecule has 0 aromatic rings. The van der Waals surface area contributed by atoms with Crippen LogP contribution in [0.1, 0.15) is 12.8 Å². The topological polar surface area (TPSA) is 34.8 Å². The van der Waals surface area contributed by atoms with E-state index in [9.17, 15) is 0 Å². The van der Waals surface area contributed by atoms with Crippen LogP contribution >= 0.6 is 0 Å². The molecule has 0 aromatic carbocycles. The quantitative estimate of drug-likeness (QED) is 0.390. The maximum atomic E-state index is 5.23. The number of hydrogen-bond donors (Lipinski definition) is 1. The molecule has 1 saturated heterocycles. The number of ether oxygens (including phenoxy) is 1. The van der Waals surface area contributed by atoms with Crippen LogP contribution in [0, 0.1) is 0 Å². The second-order valence-corrected chi connectivity index (χ2v) is 1.42. The molecule has 0 spiro atoms. The predicted octanol–water partition coefficient (Wildman–Crippen LogP) is -4.04. The highest BCUT2D eigenvalue weighted by Crippen LogP contribution is 1.99. The molecule has 0 unspecified atom stereocenters. The first-order valence-corrected chi connectivity index (χ1v) is 2.14. The third-order valence-corrected chi connectivity index (χ3v) is 0.855. The maximum absolute atomic E-state index is 5.23. The van der Waals surface area contributed by atoms with Crippen molar-refractivity contribution >= 4 is 5.90 Å². The summed E-state index contributed by atoms with van der Waals surface area (Å²) in [6, 6.07) is 0. The summed E-state index contributed by atoms with van der Waals surface area (Å²) in [7, 11) is 0. The first-order valence-electron chi connectivity index (χ1n) is 2.14. The summed E-state index contributed by atoms with van der Waals surface area (Å²) in [6.07, 6.45) is 2.06. The molecule has 0 saturated carbocycles. The van der Waals surface area contributed by atoms with E-state index in [-0.39, 0.29) is 17.0 Å². The van der Waals surface area contributed by atoms with E-state index < -0.39 is 0 Å². The Hall–Kier alpha value is -0.0500. The van der Waals surface area contributed by atoms with Crippen LogP contribution in [0.15, 0.2) is 0 Å². The van der Waals surface area contributed by atoms with Gasteiger partial charge in [-0.25, -0.2) is 5.41 Å². The number of hydrogen-bond acceptors (Lipinski definition) is 1. The van der Waals surface area contributed by atoms with Crippen LogP contribution in [0.25, 0.3) is 0 Å². The van der Waals surface area contributed by atoms with Crippen LogP contribution in [0.5, 0.6) is 0 Å². The zero-order valence-corrected chi connectivity index (χ0v) is 5.57. The van der Waals surface area contributed by atoms with E-state index in [0.29, 0.717) is 5.90 Å². The van der Waals surface area contributed by atoms with E-state index in [4.69, 9.17) is 10.1 Å². The molecule has 42 valence electrons. The van der Waals surface area contributed by atoms with Crippen molar-refractivity contribution in [2.45, 2.75) is 12.8 Å². The van der Waals surface area contributed by atoms with Gasteiger partial charge in [-0.05, 0) is 6.42 Å². The highest BCUT2D eigenvalue weighted by molar-refractivity contribution is 5.70. The van der Waals surface area contributed by atoms with Crippen LogP contribution in [0.3, 0.4) is 0 Å². The average molecular weight is 166 g/mol. The fraction of sp³-hybridized carbons (Fsp3) is 0.750. The van der Waals surface area contributed by atoms with Crippen molar-refractivity contribution in [3.63, 3.8) is 0 Å². The number of rotatable bonds is 0. The molecule has 0 bridgehead atoms. The molecular weight excluding hydrogens is 158 g/mol. The van der Waals surface area contributed by atoms with Gasteiger partial charge in [0.05, 0.1) is 13.0 Å². The van der Waals surface area contributed by atoms with E-state index in [1.165, 1.54) is 0 Å². The Balaban J connectivity index is 0.000000360. The third kappa shape index (κ3) is 1.92. The molecule has 0 atom stereocenters. The fourth-order valence-electron chi connectivity index (χ4n) is 0.522. The molecule has 1 aliphatic rings. The maximum Gasteiger partial charge on any atom is 0.333 e. The van der Waals surface area contributed by atoms with Crippen molar-refractivity contribution in [2.75, 3.05) is 6.61 Å². The molecule has 1 aliphatic heterocycles. The smallest absolute Gasteiger partial charge is 0.333 e. The minimum absolute atomic E-state index is 0. The zero-order chi connectivity index (χ0) is 4.41. The molecule has 0 radical (unpaired) electrons. The lowest BCUT2D eigenvalue weighted by molar-refractivity contribution is -0.137. The molecule has 0 aromatic heterocycles. The highest BCUT2D eigenvalue weighted by atomic mass is 79.9. The van der Waals surface area contributed by atoms with Crippen LogP contribution < -0.4 is 22.4 Å². The van der Waals surface area contributed by atoms with Gasteiger partial charge >= 0.3 is 5.90 Å². The lowest BCUT2D eigenvalue weighted by Gasteiger charge is -1.79. The summed E-state index contributed by atoms with van der Waals surface area (Å²) in [5.74, 6) is 0.704. The zero-order valence-electron chi connectivity index (χ0n) is 3.98. The average Bonchev–Trinajstić information content (AvgIpc) is 1.86. The lowest BCUT2D eigenvalue weighted by Crippen LogP contribution is -3.00. The monoisotopic (exact) mass is 165 g/mol. The molecule has 0 amide bonds. The molecular formula is C4H8BrNO. The van der Waals surface area contributed by atoms with Crippen molar-refractivity contribution in [3.8, 4) is 0 Å². The first-order chi connectivity index (χ1) is 2.89. The van der Waals surface area contributed by atoms with Gasteiger partial charge in [-0.2, -0.15) is 0 Å². The van der Waals surface area contributed by atoms with E-state index in [0.717, 1.165) is 19.4 Å². The standard InChI is InChI=1S/C4H7NO.BrH/c5-4-2-1-3-6-4;/h5H,1-3H2;1H. The molecule has 1 fully saturated rings. The van der Waals surface area contributed by atoms with Gasteiger partial charge < -0.3 is 21.7 Å². The van der Waals surface area contributed by atoms with Crippen LogP contribution in [0.2, 0.25) is 0 Å². The minimum atomic E-state index is 0. The highest BCUT2D eigenvalue weighted by Gasteiger charge is 2.10. The Morgan fingerprint density at radius 2 is 2.29 bits per heavy atom. The van der Waals surface area contributed by atoms with Crippen molar-refractivity contribution < 1.29 is 27.1 Å². The Kier molecular flexibility index (Phi) is 3.00. The summed E-state index contributed by atoms with van der Waals surface area (Å²) >= 11 is 0. The Labute approximate surface area is 53.1 Å². The van der Waals surface area contributed by atoms with Crippen molar-refractivity contribution in [3.05, 3.63) is 0 Å².